The molecule has 1 N–H and O–H groups in total. The SMILES string of the molecule is CCN1CCC(c2cc3c(N[C@H](C)c4cccc(C(F)(F)F)c4C)ncnc3nc2OC)CC1. The lowest BCUT2D eigenvalue weighted by Gasteiger charge is -2.31. The summed E-state index contributed by atoms with van der Waals surface area (Å²) in [4.78, 5) is 15.8. The van der Waals surface area contributed by atoms with Crippen molar-refractivity contribution in [3.05, 3.63) is 52.8 Å². The number of rotatable bonds is 6. The molecule has 6 nitrogen and oxygen atoms in total. The maximum atomic E-state index is 13.4. The first-order chi connectivity index (χ1) is 16.2. The van der Waals surface area contributed by atoms with Gasteiger partial charge in [0.15, 0.2) is 5.65 Å². The molecule has 9 heteroatoms. The van der Waals surface area contributed by atoms with Gasteiger partial charge in [0.05, 0.1) is 24.1 Å². The second kappa shape index (κ2) is 9.74. The third kappa shape index (κ3) is 4.80. The number of hydrogen-bond donors (Lipinski definition) is 1. The maximum absolute atomic E-state index is 13.4. The van der Waals surface area contributed by atoms with E-state index in [-0.39, 0.29) is 5.56 Å². The summed E-state index contributed by atoms with van der Waals surface area (Å²) in [5.41, 5.74) is 1.65. The van der Waals surface area contributed by atoms with Crippen LogP contribution in [-0.2, 0) is 6.18 Å². The molecule has 1 saturated heterocycles. The van der Waals surface area contributed by atoms with Crippen LogP contribution in [0.1, 0.15) is 60.9 Å². The maximum Gasteiger partial charge on any atom is 0.416 e. The first kappa shape index (κ1) is 24.2. The molecule has 0 spiro atoms. The first-order valence-corrected chi connectivity index (χ1v) is 11.6. The first-order valence-electron chi connectivity index (χ1n) is 11.6. The van der Waals surface area contributed by atoms with Crippen molar-refractivity contribution in [3.63, 3.8) is 0 Å². The smallest absolute Gasteiger partial charge is 0.416 e. The molecular weight excluding hydrogens is 443 g/mol. The number of fused-ring (bicyclic) bond motifs is 1. The second-order valence-corrected chi connectivity index (χ2v) is 8.77. The van der Waals surface area contributed by atoms with Crippen LogP contribution in [0.5, 0.6) is 5.88 Å². The normalized spacial score (nSPS) is 16.6. The molecule has 4 rings (SSSR count). The Kier molecular flexibility index (Phi) is 6.93. The van der Waals surface area contributed by atoms with E-state index in [9.17, 15) is 13.2 Å². The van der Waals surface area contributed by atoms with Gasteiger partial charge in [-0.3, -0.25) is 0 Å². The number of halogens is 3. The van der Waals surface area contributed by atoms with E-state index < -0.39 is 17.8 Å². The van der Waals surface area contributed by atoms with E-state index in [2.05, 4.69) is 32.1 Å². The Morgan fingerprint density at radius 3 is 2.59 bits per heavy atom. The molecular formula is C25H30F3N5O. The molecule has 182 valence electrons. The Morgan fingerprint density at radius 2 is 1.94 bits per heavy atom. The number of pyridine rings is 1. The molecule has 1 fully saturated rings. The fraction of sp³-hybridized carbons (Fsp3) is 0.480. The third-order valence-electron chi connectivity index (χ3n) is 6.79. The predicted octanol–water partition coefficient (Wildman–Crippen LogP) is 5.73. The van der Waals surface area contributed by atoms with Crippen molar-refractivity contribution >= 4 is 16.9 Å². The number of benzene rings is 1. The number of piperidine rings is 1. The van der Waals surface area contributed by atoms with Crippen molar-refractivity contribution in [2.75, 3.05) is 32.1 Å². The monoisotopic (exact) mass is 473 g/mol. The van der Waals surface area contributed by atoms with Crippen LogP contribution >= 0.6 is 0 Å². The molecule has 1 atom stereocenters. The van der Waals surface area contributed by atoms with Gasteiger partial charge in [-0.2, -0.15) is 18.2 Å². The fourth-order valence-corrected chi connectivity index (χ4v) is 4.83. The Balaban J connectivity index is 1.69. The summed E-state index contributed by atoms with van der Waals surface area (Å²) in [5.74, 6) is 1.41. The van der Waals surface area contributed by atoms with Crippen LogP contribution in [0.25, 0.3) is 11.0 Å². The molecule has 0 radical (unpaired) electrons. The highest BCUT2D eigenvalue weighted by atomic mass is 19.4. The molecule has 0 aliphatic carbocycles. The molecule has 2 aromatic heterocycles. The van der Waals surface area contributed by atoms with E-state index in [1.165, 1.54) is 19.3 Å². The lowest BCUT2D eigenvalue weighted by atomic mass is 9.89. The Bertz CT molecular complexity index is 1160. The van der Waals surface area contributed by atoms with Gasteiger partial charge >= 0.3 is 6.18 Å². The van der Waals surface area contributed by atoms with E-state index in [4.69, 9.17) is 4.74 Å². The molecule has 0 bridgehead atoms. The van der Waals surface area contributed by atoms with Gasteiger partial charge in [0.25, 0.3) is 0 Å². The molecule has 0 amide bonds. The highest BCUT2D eigenvalue weighted by molar-refractivity contribution is 5.87. The average Bonchev–Trinajstić information content (AvgIpc) is 2.82. The number of ether oxygens (including phenoxy) is 1. The lowest BCUT2D eigenvalue weighted by Crippen LogP contribution is -2.32. The van der Waals surface area contributed by atoms with E-state index in [0.29, 0.717) is 28.8 Å². The molecule has 0 unspecified atom stereocenters. The number of likely N-dealkylation sites (tertiary alicyclic amines) is 1. The zero-order valence-corrected chi connectivity index (χ0v) is 19.9. The van der Waals surface area contributed by atoms with Gasteiger partial charge in [0.1, 0.15) is 12.1 Å². The molecule has 3 aromatic rings. The van der Waals surface area contributed by atoms with E-state index in [1.807, 2.05) is 13.0 Å². The Labute approximate surface area is 197 Å². The minimum atomic E-state index is -4.40. The summed E-state index contributed by atoms with van der Waals surface area (Å²) in [7, 11) is 1.61. The van der Waals surface area contributed by atoms with Crippen LogP contribution in [0.3, 0.4) is 0 Å². The van der Waals surface area contributed by atoms with Crippen LogP contribution in [0.4, 0.5) is 19.0 Å². The number of hydrogen-bond acceptors (Lipinski definition) is 6. The number of nitrogens with one attached hydrogen (secondary N) is 1. The van der Waals surface area contributed by atoms with E-state index in [0.717, 1.165) is 49.5 Å². The summed E-state index contributed by atoms with van der Waals surface area (Å²) in [6.45, 7) is 8.57. The number of nitrogens with zero attached hydrogens (tertiary/aromatic N) is 4. The Hall–Kier alpha value is -2.94. The van der Waals surface area contributed by atoms with Crippen molar-refractivity contribution in [2.45, 2.75) is 51.7 Å². The van der Waals surface area contributed by atoms with Gasteiger partial charge in [-0.05, 0) is 75.5 Å². The van der Waals surface area contributed by atoms with Crippen molar-refractivity contribution in [2.24, 2.45) is 0 Å². The largest absolute Gasteiger partial charge is 0.481 e. The average molecular weight is 474 g/mol. The van der Waals surface area contributed by atoms with Gasteiger partial charge in [-0.15, -0.1) is 0 Å². The second-order valence-electron chi connectivity index (χ2n) is 8.77. The molecule has 1 aliphatic heterocycles. The van der Waals surface area contributed by atoms with Gasteiger partial charge in [0.2, 0.25) is 5.88 Å². The summed E-state index contributed by atoms with van der Waals surface area (Å²) < 4.78 is 45.8. The van der Waals surface area contributed by atoms with Crippen LogP contribution in [0.2, 0.25) is 0 Å². The summed E-state index contributed by atoms with van der Waals surface area (Å²) in [6.07, 6.45) is -0.978. The molecule has 3 heterocycles. The molecule has 1 aromatic carbocycles. The standard InChI is InChI=1S/C25H30F3N5O/c1-5-33-11-9-17(10-12-33)19-13-20-22(29-14-30-23(20)32-24(19)34-4)31-16(3)18-7-6-8-21(15(18)2)25(26,27)28/h6-8,13-14,16-17H,5,9-12H2,1-4H3,(H,29,30,31,32)/t16-/m1/s1. The van der Waals surface area contributed by atoms with E-state index >= 15 is 0 Å². The van der Waals surface area contributed by atoms with Crippen molar-refractivity contribution < 1.29 is 17.9 Å². The van der Waals surface area contributed by atoms with Crippen LogP contribution in [0, 0.1) is 6.92 Å². The van der Waals surface area contributed by atoms with Gasteiger partial charge in [0, 0.05) is 5.56 Å². The molecule has 0 saturated carbocycles. The van der Waals surface area contributed by atoms with Crippen LogP contribution < -0.4 is 10.1 Å². The fourth-order valence-electron chi connectivity index (χ4n) is 4.83. The number of aromatic nitrogens is 3. The van der Waals surface area contributed by atoms with Gasteiger partial charge in [-0.25, -0.2) is 9.97 Å². The number of methoxy groups -OCH3 is 1. The minimum Gasteiger partial charge on any atom is -0.481 e. The highest BCUT2D eigenvalue weighted by Gasteiger charge is 2.33. The zero-order chi connectivity index (χ0) is 24.5. The van der Waals surface area contributed by atoms with Crippen molar-refractivity contribution in [1.82, 2.24) is 19.9 Å². The van der Waals surface area contributed by atoms with Crippen molar-refractivity contribution in [3.8, 4) is 5.88 Å². The summed E-state index contributed by atoms with van der Waals surface area (Å²) >= 11 is 0. The highest BCUT2D eigenvalue weighted by Crippen LogP contribution is 2.38. The summed E-state index contributed by atoms with van der Waals surface area (Å²) in [6, 6.07) is 5.88. The zero-order valence-electron chi connectivity index (χ0n) is 19.9. The van der Waals surface area contributed by atoms with E-state index in [1.54, 1.807) is 13.2 Å². The molecule has 34 heavy (non-hydrogen) atoms. The van der Waals surface area contributed by atoms with Gasteiger partial charge < -0.3 is 15.0 Å². The van der Waals surface area contributed by atoms with Crippen molar-refractivity contribution in [1.29, 1.82) is 0 Å². The summed E-state index contributed by atoms with van der Waals surface area (Å²) in [5, 5.41) is 4.03. The van der Waals surface area contributed by atoms with Crippen LogP contribution in [0.15, 0.2) is 30.6 Å². The van der Waals surface area contributed by atoms with Crippen LogP contribution in [-0.4, -0.2) is 46.6 Å². The topological polar surface area (TPSA) is 63.2 Å². The predicted molar refractivity (Wildman–Crippen MR) is 126 cm³/mol. The molecule has 1 aliphatic rings. The quantitative estimate of drug-likeness (QED) is 0.493. The third-order valence-corrected chi connectivity index (χ3v) is 6.79. The minimum absolute atomic E-state index is 0.205. The number of alkyl halides is 3. The number of anilines is 1. The Morgan fingerprint density at radius 1 is 1.21 bits per heavy atom. The van der Waals surface area contributed by atoms with Gasteiger partial charge in [-0.1, -0.05) is 19.1 Å². The lowest BCUT2D eigenvalue weighted by molar-refractivity contribution is -0.138.